The average molecular weight is 362 g/mol. The van der Waals surface area contributed by atoms with Crippen molar-refractivity contribution < 1.29 is 9.59 Å². The molecule has 0 aliphatic carbocycles. The summed E-state index contributed by atoms with van der Waals surface area (Å²) < 4.78 is 2.53. The number of carbonyl (C=O) groups is 2. The zero-order chi connectivity index (χ0) is 17.1. The number of aromatic nitrogens is 2. The van der Waals surface area contributed by atoms with Gasteiger partial charge < -0.3 is 9.88 Å². The largest absolute Gasteiger partial charge is 0.349 e. The van der Waals surface area contributed by atoms with E-state index in [4.69, 9.17) is 11.6 Å². The number of halogens is 1. The lowest BCUT2D eigenvalue weighted by molar-refractivity contribution is -0.121. The predicted octanol–water partition coefficient (Wildman–Crippen LogP) is 3.57. The topological polar surface area (TPSA) is 64.0 Å². The number of fused-ring (bicyclic) bond motifs is 1. The number of aryl methyl sites for hydroxylation is 1. The fraction of sp³-hybridized carbons (Fsp3) is 0.235. The summed E-state index contributed by atoms with van der Waals surface area (Å²) in [5.74, 6) is 0.545. The van der Waals surface area contributed by atoms with Gasteiger partial charge in [0.1, 0.15) is 5.82 Å². The number of carbonyl (C=O) groups excluding carboxylic acids is 2. The monoisotopic (exact) mass is 361 g/mol. The van der Waals surface area contributed by atoms with Crippen molar-refractivity contribution in [1.82, 2.24) is 14.9 Å². The first-order valence-corrected chi connectivity index (χ1v) is 8.69. The molecule has 0 radical (unpaired) electrons. The van der Waals surface area contributed by atoms with E-state index in [1.54, 1.807) is 12.1 Å². The number of para-hydroxylation sites is 2. The number of Topliss-reactive ketones (excluding diaryl/α,β-unsaturated/α-hetero) is 1. The molecule has 2 heterocycles. The molecule has 24 heavy (non-hydrogen) atoms. The molecule has 3 aromatic rings. The van der Waals surface area contributed by atoms with Crippen LogP contribution < -0.4 is 5.32 Å². The number of amides is 1. The Kier molecular flexibility index (Phi) is 4.97. The number of nitrogens with one attached hydrogen (secondary N) is 1. The van der Waals surface area contributed by atoms with Gasteiger partial charge in [0.25, 0.3) is 0 Å². The third-order valence-electron chi connectivity index (χ3n) is 3.75. The van der Waals surface area contributed by atoms with E-state index >= 15 is 0 Å². The highest BCUT2D eigenvalue weighted by molar-refractivity contribution is 7.18. The van der Waals surface area contributed by atoms with Gasteiger partial charge in [-0.05, 0) is 24.3 Å². The Morgan fingerprint density at radius 1 is 1.21 bits per heavy atom. The SMILES string of the molecule is Cn1c(CNC(=O)CCC(=O)c2ccc(Cl)s2)nc2ccccc21. The van der Waals surface area contributed by atoms with Crippen molar-refractivity contribution in [1.29, 1.82) is 0 Å². The smallest absolute Gasteiger partial charge is 0.220 e. The summed E-state index contributed by atoms with van der Waals surface area (Å²) in [6.07, 6.45) is 0.323. The molecule has 2 aromatic heterocycles. The quantitative estimate of drug-likeness (QED) is 0.683. The van der Waals surface area contributed by atoms with Crippen molar-refractivity contribution in [2.75, 3.05) is 0 Å². The fourth-order valence-corrected chi connectivity index (χ4v) is 3.44. The molecule has 0 unspecified atom stereocenters. The first-order chi connectivity index (χ1) is 11.5. The van der Waals surface area contributed by atoms with Crippen LogP contribution in [0.25, 0.3) is 11.0 Å². The fourth-order valence-electron chi connectivity index (χ4n) is 2.43. The summed E-state index contributed by atoms with van der Waals surface area (Å²) in [5, 5.41) is 2.82. The molecule has 0 bridgehead atoms. The van der Waals surface area contributed by atoms with E-state index in [9.17, 15) is 9.59 Å². The Bertz CT molecular complexity index is 900. The molecular formula is C17H16ClN3O2S. The Balaban J connectivity index is 1.53. The van der Waals surface area contributed by atoms with Crippen LogP contribution >= 0.6 is 22.9 Å². The molecule has 7 heteroatoms. The molecule has 0 saturated carbocycles. The maximum atomic E-state index is 12.0. The Morgan fingerprint density at radius 3 is 2.71 bits per heavy atom. The van der Waals surface area contributed by atoms with Gasteiger partial charge in [0.05, 0.1) is 26.8 Å². The molecule has 0 spiro atoms. The molecule has 1 aromatic carbocycles. The third-order valence-corrected chi connectivity index (χ3v) is 5.02. The number of imidazole rings is 1. The van der Waals surface area contributed by atoms with E-state index in [1.165, 1.54) is 11.3 Å². The van der Waals surface area contributed by atoms with Crippen LogP contribution in [0.4, 0.5) is 0 Å². The van der Waals surface area contributed by atoms with Crippen LogP contribution in [0, 0.1) is 0 Å². The molecule has 0 saturated heterocycles. The van der Waals surface area contributed by atoms with Crippen molar-refractivity contribution in [3.63, 3.8) is 0 Å². The maximum absolute atomic E-state index is 12.0. The van der Waals surface area contributed by atoms with Gasteiger partial charge in [-0.2, -0.15) is 0 Å². The summed E-state index contributed by atoms with van der Waals surface area (Å²) >= 11 is 7.04. The second-order valence-electron chi connectivity index (χ2n) is 5.38. The van der Waals surface area contributed by atoms with E-state index in [-0.39, 0.29) is 24.5 Å². The summed E-state index contributed by atoms with van der Waals surface area (Å²) in [6, 6.07) is 11.2. The maximum Gasteiger partial charge on any atom is 0.220 e. The van der Waals surface area contributed by atoms with Crippen LogP contribution in [0.5, 0.6) is 0 Å². The Labute approximate surface area is 148 Å². The van der Waals surface area contributed by atoms with E-state index in [1.807, 2.05) is 35.9 Å². The number of rotatable bonds is 6. The van der Waals surface area contributed by atoms with E-state index < -0.39 is 0 Å². The highest BCUT2D eigenvalue weighted by Crippen LogP contribution is 2.22. The second-order valence-corrected chi connectivity index (χ2v) is 7.09. The van der Waals surface area contributed by atoms with Crippen LogP contribution in [0.1, 0.15) is 28.3 Å². The lowest BCUT2D eigenvalue weighted by atomic mass is 10.2. The first-order valence-electron chi connectivity index (χ1n) is 7.50. The number of nitrogens with zero attached hydrogens (tertiary/aromatic N) is 2. The standard InChI is InChI=1S/C17H16ClN3O2S/c1-21-12-5-3-2-4-11(12)20-16(21)10-19-17(23)9-6-13(22)14-7-8-15(18)24-14/h2-5,7-8H,6,9-10H2,1H3,(H,19,23). The molecule has 5 nitrogen and oxygen atoms in total. The molecular weight excluding hydrogens is 346 g/mol. The molecule has 0 fully saturated rings. The van der Waals surface area contributed by atoms with Crippen LogP contribution in [0.2, 0.25) is 4.34 Å². The van der Waals surface area contributed by atoms with E-state index in [0.29, 0.717) is 15.8 Å². The lowest BCUT2D eigenvalue weighted by Crippen LogP contribution is -2.24. The van der Waals surface area contributed by atoms with Gasteiger partial charge in [-0.3, -0.25) is 9.59 Å². The number of hydrogen-bond acceptors (Lipinski definition) is 4. The van der Waals surface area contributed by atoms with Gasteiger partial charge in [0, 0.05) is 19.9 Å². The second kappa shape index (κ2) is 7.15. The van der Waals surface area contributed by atoms with Crippen LogP contribution in [0.15, 0.2) is 36.4 Å². The highest BCUT2D eigenvalue weighted by Gasteiger charge is 2.12. The first kappa shape index (κ1) is 16.7. The van der Waals surface area contributed by atoms with Crippen molar-refractivity contribution in [2.45, 2.75) is 19.4 Å². The summed E-state index contributed by atoms with van der Waals surface area (Å²) in [6.45, 7) is 0.336. The number of benzene rings is 1. The molecule has 0 atom stereocenters. The van der Waals surface area contributed by atoms with Gasteiger partial charge in [-0.1, -0.05) is 23.7 Å². The minimum Gasteiger partial charge on any atom is -0.349 e. The molecule has 1 N–H and O–H groups in total. The third kappa shape index (κ3) is 3.66. The van der Waals surface area contributed by atoms with Gasteiger partial charge >= 0.3 is 0 Å². The van der Waals surface area contributed by atoms with Crippen LogP contribution in [-0.2, 0) is 18.4 Å². The Hall–Kier alpha value is -2.18. The average Bonchev–Trinajstić information content (AvgIpc) is 3.15. The molecule has 3 rings (SSSR count). The molecule has 0 aliphatic rings. The normalized spacial score (nSPS) is 10.9. The number of thiophene rings is 1. The minimum atomic E-state index is -0.168. The van der Waals surface area contributed by atoms with Gasteiger partial charge in [-0.25, -0.2) is 4.98 Å². The van der Waals surface area contributed by atoms with Crippen molar-refractivity contribution >= 4 is 45.7 Å². The van der Waals surface area contributed by atoms with Crippen molar-refractivity contribution in [3.8, 4) is 0 Å². The van der Waals surface area contributed by atoms with Gasteiger partial charge in [0.15, 0.2) is 5.78 Å². The van der Waals surface area contributed by atoms with E-state index in [2.05, 4.69) is 10.3 Å². The van der Waals surface area contributed by atoms with E-state index in [0.717, 1.165) is 16.9 Å². The van der Waals surface area contributed by atoms with Crippen LogP contribution in [0.3, 0.4) is 0 Å². The highest BCUT2D eigenvalue weighted by atomic mass is 35.5. The van der Waals surface area contributed by atoms with Gasteiger partial charge in [0.2, 0.25) is 5.91 Å². The van der Waals surface area contributed by atoms with Crippen molar-refractivity contribution in [2.24, 2.45) is 7.05 Å². The molecule has 0 aliphatic heterocycles. The van der Waals surface area contributed by atoms with Crippen molar-refractivity contribution in [3.05, 3.63) is 51.4 Å². The number of ketones is 1. The predicted molar refractivity (Wildman–Crippen MR) is 95.5 cm³/mol. The number of hydrogen-bond donors (Lipinski definition) is 1. The zero-order valence-corrected chi connectivity index (χ0v) is 14.7. The summed E-state index contributed by atoms with van der Waals surface area (Å²) in [7, 11) is 1.92. The summed E-state index contributed by atoms with van der Waals surface area (Å²) in [4.78, 5) is 29.0. The Morgan fingerprint density at radius 2 is 2.00 bits per heavy atom. The molecule has 1 amide bonds. The molecule has 124 valence electrons. The minimum absolute atomic E-state index is 0.0650. The van der Waals surface area contributed by atoms with Gasteiger partial charge in [-0.15, -0.1) is 11.3 Å². The zero-order valence-electron chi connectivity index (χ0n) is 13.1. The van der Waals surface area contributed by atoms with Crippen LogP contribution in [-0.4, -0.2) is 21.2 Å². The summed E-state index contributed by atoms with van der Waals surface area (Å²) in [5.41, 5.74) is 1.92. The lowest BCUT2D eigenvalue weighted by Gasteiger charge is -2.05.